The van der Waals surface area contributed by atoms with Crippen LogP contribution in [0.25, 0.3) is 0 Å². The van der Waals surface area contributed by atoms with Gasteiger partial charge in [0.05, 0.1) is 0 Å². The van der Waals surface area contributed by atoms with Gasteiger partial charge in [0.25, 0.3) is 0 Å². The second kappa shape index (κ2) is 6.02. The lowest BCUT2D eigenvalue weighted by molar-refractivity contribution is -0.124. The van der Waals surface area contributed by atoms with Gasteiger partial charge in [0.1, 0.15) is 12.1 Å². The molecule has 0 aliphatic carbocycles. The number of ether oxygens (including phenoxy) is 1. The average Bonchev–Trinajstić information content (AvgIpc) is 2.91. The molecule has 0 unspecified atom stereocenters. The number of hydrogen-bond acceptors (Lipinski definition) is 3. The Kier molecular flexibility index (Phi) is 3.92. The number of Topliss-reactive ketones (excluding diaryl/α,β-unsaturated/α-hetero) is 1. The number of benzene rings is 2. The third-order valence-corrected chi connectivity index (χ3v) is 3.88. The predicted molar refractivity (Wildman–Crippen MR) is 82.5 cm³/mol. The molecule has 0 bridgehead atoms. The number of carbonyl (C=O) groups excluding carboxylic acids is 2. The minimum absolute atomic E-state index is 0.0339. The number of nitrogens with one attached hydrogen (secondary N) is 1. The van der Waals surface area contributed by atoms with Gasteiger partial charge in [-0.2, -0.15) is 0 Å². The van der Waals surface area contributed by atoms with Gasteiger partial charge in [-0.25, -0.2) is 4.79 Å². The van der Waals surface area contributed by atoms with Gasteiger partial charge >= 0.3 is 6.09 Å². The van der Waals surface area contributed by atoms with E-state index in [9.17, 15) is 9.59 Å². The van der Waals surface area contributed by atoms with Crippen LogP contribution >= 0.6 is 0 Å². The molecule has 0 aromatic heterocycles. The fourth-order valence-electron chi connectivity index (χ4n) is 2.70. The minimum atomic E-state index is -0.978. The van der Waals surface area contributed by atoms with Crippen molar-refractivity contribution in [1.82, 2.24) is 5.32 Å². The van der Waals surface area contributed by atoms with Crippen LogP contribution in [0.5, 0.6) is 0 Å². The Morgan fingerprint density at radius 2 is 1.59 bits per heavy atom. The maximum absolute atomic E-state index is 12.8. The van der Waals surface area contributed by atoms with Crippen LogP contribution in [0.15, 0.2) is 60.7 Å². The lowest BCUT2D eigenvalue weighted by Crippen LogP contribution is -2.53. The first kappa shape index (κ1) is 14.3. The van der Waals surface area contributed by atoms with E-state index in [4.69, 9.17) is 4.74 Å². The highest BCUT2D eigenvalue weighted by molar-refractivity contribution is 5.95. The molecule has 1 atom stereocenters. The van der Waals surface area contributed by atoms with Crippen molar-refractivity contribution in [3.05, 3.63) is 71.8 Å². The van der Waals surface area contributed by atoms with E-state index in [1.54, 1.807) is 0 Å². The van der Waals surface area contributed by atoms with Gasteiger partial charge < -0.3 is 10.1 Å². The van der Waals surface area contributed by atoms with Crippen molar-refractivity contribution in [1.29, 1.82) is 0 Å². The maximum Gasteiger partial charge on any atom is 0.408 e. The molecule has 22 heavy (non-hydrogen) atoms. The minimum Gasteiger partial charge on any atom is -0.447 e. The molecule has 1 aliphatic rings. The molecule has 1 N–H and O–H groups in total. The van der Waals surface area contributed by atoms with Crippen molar-refractivity contribution in [2.24, 2.45) is 0 Å². The van der Waals surface area contributed by atoms with Crippen molar-refractivity contribution in [3.8, 4) is 0 Å². The van der Waals surface area contributed by atoms with Crippen LogP contribution < -0.4 is 5.32 Å². The van der Waals surface area contributed by atoms with Gasteiger partial charge in [0, 0.05) is 12.8 Å². The number of alkyl carbamates (subject to hydrolysis) is 1. The maximum atomic E-state index is 12.8. The van der Waals surface area contributed by atoms with Crippen molar-refractivity contribution in [2.75, 3.05) is 6.61 Å². The molecule has 4 nitrogen and oxygen atoms in total. The first-order chi connectivity index (χ1) is 10.7. The molecule has 1 amide bonds. The lowest BCUT2D eigenvalue weighted by Gasteiger charge is -2.25. The summed E-state index contributed by atoms with van der Waals surface area (Å²) in [5.74, 6) is -0.0339. The van der Waals surface area contributed by atoms with Crippen LogP contribution in [0.2, 0.25) is 0 Å². The molecule has 2 aromatic carbocycles. The lowest BCUT2D eigenvalue weighted by atomic mass is 9.85. The Morgan fingerprint density at radius 3 is 2.14 bits per heavy atom. The highest BCUT2D eigenvalue weighted by Crippen LogP contribution is 2.22. The van der Waals surface area contributed by atoms with Crippen LogP contribution in [0.4, 0.5) is 4.79 Å². The summed E-state index contributed by atoms with van der Waals surface area (Å²) in [5, 5.41) is 2.73. The van der Waals surface area contributed by atoms with Crippen molar-refractivity contribution < 1.29 is 14.3 Å². The first-order valence-electron chi connectivity index (χ1n) is 7.24. The SMILES string of the molecule is O=C1N[C@@](Cc2ccccc2)(C(=O)Cc2ccccc2)CO1. The monoisotopic (exact) mass is 295 g/mol. The first-order valence-corrected chi connectivity index (χ1v) is 7.24. The molecule has 1 aliphatic heterocycles. The Bertz CT molecular complexity index is 669. The fourth-order valence-corrected chi connectivity index (χ4v) is 2.70. The number of hydrogen-bond donors (Lipinski definition) is 1. The third kappa shape index (κ3) is 3.01. The number of amides is 1. The molecule has 3 rings (SSSR count). The van der Waals surface area contributed by atoms with Gasteiger partial charge in [-0.15, -0.1) is 0 Å². The molecule has 0 saturated carbocycles. The highest BCUT2D eigenvalue weighted by atomic mass is 16.6. The molecule has 0 spiro atoms. The van der Waals surface area contributed by atoms with E-state index >= 15 is 0 Å². The summed E-state index contributed by atoms with van der Waals surface area (Å²) in [6.07, 6.45) is 0.181. The van der Waals surface area contributed by atoms with E-state index in [1.165, 1.54) is 0 Å². The molecule has 1 fully saturated rings. The molecular formula is C18H17NO3. The number of carbonyl (C=O) groups is 2. The summed E-state index contributed by atoms with van der Waals surface area (Å²) < 4.78 is 5.03. The van der Waals surface area contributed by atoms with Gasteiger partial charge in [-0.3, -0.25) is 4.79 Å². The van der Waals surface area contributed by atoms with E-state index in [0.717, 1.165) is 11.1 Å². The quantitative estimate of drug-likeness (QED) is 0.922. The zero-order chi connectivity index (χ0) is 15.4. The molecule has 112 valence electrons. The molecule has 1 heterocycles. The van der Waals surface area contributed by atoms with E-state index < -0.39 is 11.6 Å². The Balaban J connectivity index is 1.83. The summed E-state index contributed by atoms with van der Waals surface area (Å²) in [5.41, 5.74) is 0.949. The summed E-state index contributed by atoms with van der Waals surface area (Å²) in [7, 11) is 0. The Morgan fingerprint density at radius 1 is 1.00 bits per heavy atom. The van der Waals surface area contributed by atoms with E-state index in [0.29, 0.717) is 6.42 Å². The normalized spacial score (nSPS) is 20.3. The summed E-state index contributed by atoms with van der Waals surface area (Å²) in [4.78, 5) is 24.3. The van der Waals surface area contributed by atoms with Crippen LogP contribution in [0.3, 0.4) is 0 Å². The fraction of sp³-hybridized carbons (Fsp3) is 0.222. The number of rotatable bonds is 5. The molecular weight excluding hydrogens is 278 g/mol. The largest absolute Gasteiger partial charge is 0.447 e. The predicted octanol–water partition coefficient (Wildman–Crippen LogP) is 2.52. The van der Waals surface area contributed by atoms with Crippen LogP contribution in [-0.4, -0.2) is 24.0 Å². The molecule has 0 radical (unpaired) electrons. The summed E-state index contributed by atoms with van der Waals surface area (Å²) >= 11 is 0. The standard InChI is InChI=1S/C18H17NO3/c20-16(11-14-7-3-1-4-8-14)18(13-22-17(21)19-18)12-15-9-5-2-6-10-15/h1-10H,11-13H2,(H,19,21)/t18-/m1/s1. The van der Waals surface area contributed by atoms with E-state index in [2.05, 4.69) is 5.32 Å². The Labute approximate surface area is 129 Å². The van der Waals surface area contributed by atoms with Gasteiger partial charge in [0.2, 0.25) is 0 Å². The van der Waals surface area contributed by atoms with Crippen molar-refractivity contribution >= 4 is 11.9 Å². The number of ketones is 1. The highest BCUT2D eigenvalue weighted by Gasteiger charge is 2.45. The number of cyclic esters (lactones) is 1. The Hall–Kier alpha value is -2.62. The van der Waals surface area contributed by atoms with Crippen molar-refractivity contribution in [3.63, 3.8) is 0 Å². The van der Waals surface area contributed by atoms with Crippen LogP contribution in [0, 0.1) is 0 Å². The van der Waals surface area contributed by atoms with E-state index in [-0.39, 0.29) is 18.8 Å². The van der Waals surface area contributed by atoms with E-state index in [1.807, 2.05) is 60.7 Å². The third-order valence-electron chi connectivity index (χ3n) is 3.88. The second-order valence-corrected chi connectivity index (χ2v) is 5.53. The molecule has 1 saturated heterocycles. The van der Waals surface area contributed by atoms with Crippen LogP contribution in [0.1, 0.15) is 11.1 Å². The molecule has 2 aromatic rings. The van der Waals surface area contributed by atoms with Gasteiger partial charge in [-0.1, -0.05) is 60.7 Å². The van der Waals surface area contributed by atoms with Crippen molar-refractivity contribution in [2.45, 2.75) is 18.4 Å². The van der Waals surface area contributed by atoms with Gasteiger partial charge in [-0.05, 0) is 11.1 Å². The summed E-state index contributed by atoms with van der Waals surface area (Å²) in [6, 6.07) is 19.2. The summed E-state index contributed by atoms with van der Waals surface area (Å²) in [6.45, 7) is 0.0758. The average molecular weight is 295 g/mol. The molecule has 4 heteroatoms. The zero-order valence-corrected chi connectivity index (χ0v) is 12.1. The van der Waals surface area contributed by atoms with Gasteiger partial charge in [0.15, 0.2) is 5.78 Å². The topological polar surface area (TPSA) is 55.4 Å². The zero-order valence-electron chi connectivity index (χ0n) is 12.1. The van der Waals surface area contributed by atoms with Crippen LogP contribution in [-0.2, 0) is 22.4 Å². The smallest absolute Gasteiger partial charge is 0.408 e. The second-order valence-electron chi connectivity index (χ2n) is 5.53.